The van der Waals surface area contributed by atoms with Gasteiger partial charge in [0, 0.05) is 36.2 Å². The summed E-state index contributed by atoms with van der Waals surface area (Å²) < 4.78 is 7.92. The van der Waals surface area contributed by atoms with E-state index in [9.17, 15) is 0 Å². The number of ether oxygens (including phenoxy) is 1. The van der Waals surface area contributed by atoms with Gasteiger partial charge in [0.25, 0.3) is 0 Å². The summed E-state index contributed by atoms with van der Waals surface area (Å²) in [6, 6.07) is 6.98. The first-order valence-corrected chi connectivity index (χ1v) is 6.67. The lowest BCUT2D eigenvalue weighted by Crippen LogP contribution is -2.33. The van der Waals surface area contributed by atoms with Crippen molar-refractivity contribution >= 4 is 10.9 Å². The number of hydrogen-bond acceptors (Lipinski definition) is 2. The topological polar surface area (TPSA) is 26.2 Å². The van der Waals surface area contributed by atoms with E-state index in [2.05, 4.69) is 42.1 Å². The predicted octanol–water partition coefficient (Wildman–Crippen LogP) is 2.61. The van der Waals surface area contributed by atoms with Crippen LogP contribution in [0.3, 0.4) is 0 Å². The molecule has 0 saturated carbocycles. The molecule has 1 aliphatic heterocycles. The molecule has 1 unspecified atom stereocenters. The molecule has 3 rings (SSSR count). The van der Waals surface area contributed by atoms with Crippen molar-refractivity contribution in [1.29, 1.82) is 0 Å². The van der Waals surface area contributed by atoms with Crippen molar-refractivity contribution in [1.82, 2.24) is 9.88 Å². The van der Waals surface area contributed by atoms with Crippen LogP contribution in [0, 0.1) is 0 Å². The molecule has 0 saturated heterocycles. The second-order valence-corrected chi connectivity index (χ2v) is 5.08. The minimum absolute atomic E-state index is 0.554. The molecule has 0 amide bonds. The Morgan fingerprint density at radius 1 is 1.44 bits per heavy atom. The standard InChI is InChI=1S/C15H20N2O/c1-4-18-11-5-6-14-13(8-11)12-7-10(2)16-9-15(12)17(14)3/h5-6,8,10,16H,4,7,9H2,1-3H3. The van der Waals surface area contributed by atoms with Gasteiger partial charge in [-0.15, -0.1) is 0 Å². The first kappa shape index (κ1) is 11.6. The van der Waals surface area contributed by atoms with Crippen LogP contribution in [-0.4, -0.2) is 17.2 Å². The van der Waals surface area contributed by atoms with Gasteiger partial charge in [0.15, 0.2) is 0 Å². The Balaban J connectivity index is 2.18. The molecule has 3 nitrogen and oxygen atoms in total. The molecule has 0 radical (unpaired) electrons. The Hall–Kier alpha value is -1.48. The fraction of sp³-hybridized carbons (Fsp3) is 0.467. The third-order valence-corrected chi connectivity index (χ3v) is 3.85. The van der Waals surface area contributed by atoms with Gasteiger partial charge in [-0.05, 0) is 44.0 Å². The maximum Gasteiger partial charge on any atom is 0.120 e. The minimum Gasteiger partial charge on any atom is -0.494 e. The first-order chi connectivity index (χ1) is 8.70. The van der Waals surface area contributed by atoms with Gasteiger partial charge in [-0.1, -0.05) is 0 Å². The molecule has 1 aromatic carbocycles. The zero-order valence-electron chi connectivity index (χ0n) is 11.3. The highest BCUT2D eigenvalue weighted by Crippen LogP contribution is 2.31. The van der Waals surface area contributed by atoms with Crippen LogP contribution in [0.25, 0.3) is 10.9 Å². The lowest BCUT2D eigenvalue weighted by Gasteiger charge is -2.21. The van der Waals surface area contributed by atoms with E-state index in [1.807, 2.05) is 6.92 Å². The minimum atomic E-state index is 0.554. The normalized spacial score (nSPS) is 18.9. The van der Waals surface area contributed by atoms with Crippen LogP contribution >= 0.6 is 0 Å². The smallest absolute Gasteiger partial charge is 0.120 e. The zero-order valence-corrected chi connectivity index (χ0v) is 11.3. The Morgan fingerprint density at radius 2 is 2.28 bits per heavy atom. The molecule has 1 aliphatic rings. The van der Waals surface area contributed by atoms with Crippen LogP contribution in [0.1, 0.15) is 25.1 Å². The van der Waals surface area contributed by atoms with Gasteiger partial charge >= 0.3 is 0 Å². The molecule has 0 aliphatic carbocycles. The summed E-state index contributed by atoms with van der Waals surface area (Å²) in [5.41, 5.74) is 4.21. The fourth-order valence-electron chi connectivity index (χ4n) is 2.91. The molecular formula is C15H20N2O. The lowest BCUT2D eigenvalue weighted by atomic mass is 9.99. The number of nitrogens with zero attached hydrogens (tertiary/aromatic N) is 1. The third-order valence-electron chi connectivity index (χ3n) is 3.85. The molecule has 0 fully saturated rings. The molecule has 2 aromatic rings. The van der Waals surface area contributed by atoms with Crippen molar-refractivity contribution in [2.24, 2.45) is 7.05 Å². The summed E-state index contributed by atoms with van der Waals surface area (Å²) in [4.78, 5) is 0. The molecule has 0 spiro atoms. The van der Waals surface area contributed by atoms with Crippen LogP contribution in [0.4, 0.5) is 0 Å². The molecular weight excluding hydrogens is 224 g/mol. The highest BCUT2D eigenvalue weighted by molar-refractivity contribution is 5.87. The van der Waals surface area contributed by atoms with E-state index in [1.54, 1.807) is 0 Å². The van der Waals surface area contributed by atoms with E-state index in [0.29, 0.717) is 6.04 Å². The summed E-state index contributed by atoms with van der Waals surface area (Å²) in [5.74, 6) is 0.976. The quantitative estimate of drug-likeness (QED) is 0.879. The van der Waals surface area contributed by atoms with Crippen LogP contribution < -0.4 is 10.1 Å². The Morgan fingerprint density at radius 3 is 3.06 bits per heavy atom. The summed E-state index contributed by atoms with van der Waals surface area (Å²) in [7, 11) is 2.15. The van der Waals surface area contributed by atoms with Crippen LogP contribution in [-0.2, 0) is 20.0 Å². The molecule has 96 valence electrons. The average Bonchev–Trinajstić information content (AvgIpc) is 2.63. The maximum absolute atomic E-state index is 5.62. The van der Waals surface area contributed by atoms with Crippen molar-refractivity contribution < 1.29 is 4.74 Å². The number of benzene rings is 1. The van der Waals surface area contributed by atoms with Crippen molar-refractivity contribution in [2.45, 2.75) is 32.9 Å². The number of fused-ring (bicyclic) bond motifs is 3. The summed E-state index contributed by atoms with van der Waals surface area (Å²) in [5, 5.41) is 4.88. The molecule has 3 heteroatoms. The monoisotopic (exact) mass is 244 g/mol. The molecule has 0 bridgehead atoms. The third kappa shape index (κ3) is 1.70. The van der Waals surface area contributed by atoms with Gasteiger partial charge in [0.05, 0.1) is 6.61 Å². The number of nitrogens with one attached hydrogen (secondary N) is 1. The molecule has 2 heterocycles. The van der Waals surface area contributed by atoms with Crippen LogP contribution in [0.5, 0.6) is 5.75 Å². The van der Waals surface area contributed by atoms with Crippen LogP contribution in [0.2, 0.25) is 0 Å². The summed E-state index contributed by atoms with van der Waals surface area (Å²) >= 11 is 0. The number of rotatable bonds is 2. The Labute approximate surface area is 108 Å². The zero-order chi connectivity index (χ0) is 12.7. The van der Waals surface area contributed by atoms with E-state index in [1.165, 1.54) is 22.2 Å². The predicted molar refractivity (Wildman–Crippen MR) is 74.1 cm³/mol. The van der Waals surface area contributed by atoms with Gasteiger partial charge in [-0.25, -0.2) is 0 Å². The van der Waals surface area contributed by atoms with Gasteiger partial charge in [0.2, 0.25) is 0 Å². The van der Waals surface area contributed by atoms with Crippen molar-refractivity contribution in [3.05, 3.63) is 29.5 Å². The number of aromatic nitrogens is 1. The Bertz CT molecular complexity index is 586. The van der Waals surface area contributed by atoms with Gasteiger partial charge < -0.3 is 14.6 Å². The second-order valence-electron chi connectivity index (χ2n) is 5.08. The largest absolute Gasteiger partial charge is 0.494 e. The highest BCUT2D eigenvalue weighted by atomic mass is 16.5. The van der Waals surface area contributed by atoms with Crippen LogP contribution in [0.15, 0.2) is 18.2 Å². The van der Waals surface area contributed by atoms with E-state index < -0.39 is 0 Å². The molecule has 1 aromatic heterocycles. The lowest BCUT2D eigenvalue weighted by molar-refractivity contribution is 0.340. The molecule has 1 atom stereocenters. The van der Waals surface area contributed by atoms with E-state index in [0.717, 1.165) is 25.3 Å². The van der Waals surface area contributed by atoms with Crippen molar-refractivity contribution in [3.8, 4) is 5.75 Å². The van der Waals surface area contributed by atoms with Gasteiger partial charge in [0.1, 0.15) is 5.75 Å². The number of aryl methyl sites for hydroxylation is 1. The number of hydrogen-bond donors (Lipinski definition) is 1. The van der Waals surface area contributed by atoms with Crippen molar-refractivity contribution in [3.63, 3.8) is 0 Å². The van der Waals surface area contributed by atoms with E-state index in [4.69, 9.17) is 4.74 Å². The maximum atomic E-state index is 5.62. The SMILES string of the molecule is CCOc1ccc2c(c1)c1c(n2C)CNC(C)C1. The Kier molecular flexibility index (Phi) is 2.78. The second kappa shape index (κ2) is 4.32. The molecule has 1 N–H and O–H groups in total. The summed E-state index contributed by atoms with van der Waals surface area (Å²) in [6.07, 6.45) is 1.10. The highest BCUT2D eigenvalue weighted by Gasteiger charge is 2.21. The van der Waals surface area contributed by atoms with E-state index in [-0.39, 0.29) is 0 Å². The first-order valence-electron chi connectivity index (χ1n) is 6.67. The van der Waals surface area contributed by atoms with E-state index >= 15 is 0 Å². The fourth-order valence-corrected chi connectivity index (χ4v) is 2.91. The van der Waals surface area contributed by atoms with Gasteiger partial charge in [-0.3, -0.25) is 0 Å². The van der Waals surface area contributed by atoms with Crippen molar-refractivity contribution in [2.75, 3.05) is 6.61 Å². The van der Waals surface area contributed by atoms with Gasteiger partial charge in [-0.2, -0.15) is 0 Å². The molecule has 18 heavy (non-hydrogen) atoms. The summed E-state index contributed by atoms with van der Waals surface area (Å²) in [6.45, 7) is 5.95. The average molecular weight is 244 g/mol.